The third-order valence-electron chi connectivity index (χ3n) is 2.99. The minimum Gasteiger partial charge on any atom is -0.306 e. The SMILES string of the molecule is Cc1cccc([N+]2(C)CCNCC2)n1. The van der Waals surface area contributed by atoms with Crippen LogP contribution in [0.15, 0.2) is 18.2 Å². The van der Waals surface area contributed by atoms with Crippen molar-refractivity contribution in [3.05, 3.63) is 23.9 Å². The molecule has 0 saturated carbocycles. The molecule has 0 spiro atoms. The van der Waals surface area contributed by atoms with Gasteiger partial charge in [-0.3, -0.25) is 4.48 Å². The number of pyridine rings is 1. The highest BCUT2D eigenvalue weighted by molar-refractivity contribution is 5.35. The largest absolute Gasteiger partial charge is 0.306 e. The van der Waals surface area contributed by atoms with Gasteiger partial charge in [-0.2, -0.15) is 0 Å². The summed E-state index contributed by atoms with van der Waals surface area (Å²) in [5.41, 5.74) is 1.11. The van der Waals surface area contributed by atoms with Gasteiger partial charge in [-0.05, 0) is 13.0 Å². The van der Waals surface area contributed by atoms with Crippen LogP contribution in [0, 0.1) is 6.92 Å². The van der Waals surface area contributed by atoms with Crippen molar-refractivity contribution in [2.24, 2.45) is 0 Å². The van der Waals surface area contributed by atoms with E-state index in [-0.39, 0.29) is 0 Å². The summed E-state index contributed by atoms with van der Waals surface area (Å²) in [5.74, 6) is 1.20. The molecule has 1 aromatic heterocycles. The van der Waals surface area contributed by atoms with Crippen molar-refractivity contribution in [3.8, 4) is 0 Å². The Morgan fingerprint density at radius 1 is 1.29 bits per heavy atom. The van der Waals surface area contributed by atoms with Gasteiger partial charge in [0.2, 0.25) is 5.82 Å². The molecular formula is C11H18N3+. The summed E-state index contributed by atoms with van der Waals surface area (Å²) < 4.78 is 0.967. The van der Waals surface area contributed by atoms with Crippen LogP contribution in [0.5, 0.6) is 0 Å². The highest BCUT2D eigenvalue weighted by Crippen LogP contribution is 2.18. The van der Waals surface area contributed by atoms with Crippen molar-refractivity contribution in [1.82, 2.24) is 14.8 Å². The van der Waals surface area contributed by atoms with Gasteiger partial charge in [-0.25, -0.2) is 4.98 Å². The second-order valence-electron chi connectivity index (χ2n) is 4.23. The normalized spacial score (nSPS) is 20.7. The van der Waals surface area contributed by atoms with Gasteiger partial charge in [-0.15, -0.1) is 0 Å². The molecule has 0 bridgehead atoms. The lowest BCUT2D eigenvalue weighted by atomic mass is 10.2. The van der Waals surface area contributed by atoms with Crippen molar-refractivity contribution in [2.45, 2.75) is 6.92 Å². The molecule has 76 valence electrons. The van der Waals surface area contributed by atoms with Crippen LogP contribution in [-0.2, 0) is 0 Å². The first-order valence-corrected chi connectivity index (χ1v) is 5.20. The molecule has 1 saturated heterocycles. The first kappa shape index (κ1) is 9.62. The van der Waals surface area contributed by atoms with E-state index in [9.17, 15) is 0 Å². The Balaban J connectivity index is 2.28. The van der Waals surface area contributed by atoms with Crippen molar-refractivity contribution in [3.63, 3.8) is 0 Å². The first-order valence-electron chi connectivity index (χ1n) is 5.20. The minimum absolute atomic E-state index is 0.967. The Kier molecular flexibility index (Phi) is 2.52. The number of piperazine rings is 1. The number of rotatable bonds is 1. The van der Waals surface area contributed by atoms with Gasteiger partial charge in [0.05, 0.1) is 20.1 Å². The summed E-state index contributed by atoms with van der Waals surface area (Å²) >= 11 is 0. The summed E-state index contributed by atoms with van der Waals surface area (Å²) in [4.78, 5) is 4.61. The van der Waals surface area contributed by atoms with Crippen LogP contribution in [0.3, 0.4) is 0 Å². The smallest absolute Gasteiger partial charge is 0.227 e. The van der Waals surface area contributed by atoms with Crippen LogP contribution >= 0.6 is 0 Å². The van der Waals surface area contributed by atoms with E-state index in [2.05, 4.69) is 42.5 Å². The quantitative estimate of drug-likeness (QED) is 0.670. The molecule has 1 fully saturated rings. The second-order valence-corrected chi connectivity index (χ2v) is 4.23. The highest BCUT2D eigenvalue weighted by atomic mass is 15.4. The van der Waals surface area contributed by atoms with E-state index in [1.54, 1.807) is 0 Å². The Hall–Kier alpha value is -0.930. The molecule has 0 aliphatic carbocycles. The molecule has 1 aromatic rings. The van der Waals surface area contributed by atoms with Gasteiger partial charge in [0.25, 0.3) is 0 Å². The lowest BCUT2D eigenvalue weighted by Gasteiger charge is -2.36. The van der Waals surface area contributed by atoms with Crippen LogP contribution in [0.2, 0.25) is 0 Å². The Morgan fingerprint density at radius 2 is 2.00 bits per heavy atom. The fraction of sp³-hybridized carbons (Fsp3) is 0.545. The third-order valence-corrected chi connectivity index (χ3v) is 2.99. The zero-order chi connectivity index (χ0) is 10.0. The van der Waals surface area contributed by atoms with E-state index >= 15 is 0 Å². The predicted molar refractivity (Wildman–Crippen MR) is 59.3 cm³/mol. The number of aryl methyl sites for hydroxylation is 1. The zero-order valence-corrected chi connectivity index (χ0v) is 8.95. The van der Waals surface area contributed by atoms with Gasteiger partial charge in [0.1, 0.15) is 0 Å². The maximum atomic E-state index is 4.61. The minimum atomic E-state index is 0.967. The average Bonchev–Trinajstić information content (AvgIpc) is 2.19. The Bertz CT molecular complexity index is 316. The number of likely N-dealkylation sites (N-methyl/N-ethyl adjacent to an activating group) is 1. The summed E-state index contributed by atoms with van der Waals surface area (Å²) in [6.45, 7) is 6.50. The molecule has 1 aliphatic rings. The summed E-state index contributed by atoms with van der Waals surface area (Å²) in [6.07, 6.45) is 0. The molecule has 2 heterocycles. The van der Waals surface area contributed by atoms with Crippen molar-refractivity contribution >= 4 is 5.82 Å². The first-order chi connectivity index (χ1) is 6.71. The van der Waals surface area contributed by atoms with Crippen LogP contribution in [-0.4, -0.2) is 38.2 Å². The van der Waals surface area contributed by atoms with Crippen LogP contribution in [0.4, 0.5) is 5.82 Å². The van der Waals surface area contributed by atoms with E-state index in [0.29, 0.717) is 0 Å². The maximum Gasteiger partial charge on any atom is 0.227 e. The van der Waals surface area contributed by atoms with Gasteiger partial charge in [0.15, 0.2) is 0 Å². The van der Waals surface area contributed by atoms with E-state index < -0.39 is 0 Å². The number of nitrogens with one attached hydrogen (secondary N) is 1. The summed E-state index contributed by atoms with van der Waals surface area (Å²) in [7, 11) is 2.27. The summed E-state index contributed by atoms with van der Waals surface area (Å²) in [6, 6.07) is 6.29. The monoisotopic (exact) mass is 192 g/mol. The number of nitrogens with zero attached hydrogens (tertiary/aromatic N) is 2. The number of hydrogen-bond donors (Lipinski definition) is 1. The van der Waals surface area contributed by atoms with Crippen molar-refractivity contribution in [2.75, 3.05) is 33.2 Å². The third kappa shape index (κ3) is 1.79. The highest BCUT2D eigenvalue weighted by Gasteiger charge is 2.28. The van der Waals surface area contributed by atoms with Crippen molar-refractivity contribution in [1.29, 1.82) is 0 Å². The molecule has 1 aliphatic heterocycles. The van der Waals surface area contributed by atoms with Crippen LogP contribution in [0.25, 0.3) is 0 Å². The van der Waals surface area contributed by atoms with E-state index in [1.165, 1.54) is 5.82 Å². The molecule has 0 aromatic carbocycles. The molecule has 0 radical (unpaired) electrons. The molecule has 3 nitrogen and oxygen atoms in total. The topological polar surface area (TPSA) is 24.9 Å². The predicted octanol–water partition coefficient (Wildman–Crippen LogP) is 0.930. The molecule has 0 atom stereocenters. The fourth-order valence-electron chi connectivity index (χ4n) is 1.95. The molecule has 3 heteroatoms. The lowest BCUT2D eigenvalue weighted by molar-refractivity contribution is 0.281. The van der Waals surface area contributed by atoms with Gasteiger partial charge >= 0.3 is 0 Å². The Morgan fingerprint density at radius 3 is 2.64 bits per heavy atom. The Labute approximate surface area is 85.4 Å². The standard InChI is InChI=1S/C11H18N3/c1-10-4-3-5-11(13-10)14(2)8-6-12-7-9-14/h3-5,12H,6-9H2,1-2H3/q+1. The van der Waals surface area contributed by atoms with Crippen LogP contribution < -0.4 is 9.80 Å². The molecular weight excluding hydrogens is 174 g/mol. The number of aromatic nitrogens is 1. The molecule has 0 unspecified atom stereocenters. The van der Waals surface area contributed by atoms with E-state index in [1.807, 2.05) is 0 Å². The number of quaternary nitrogens is 1. The molecule has 1 N–H and O–H groups in total. The summed E-state index contributed by atoms with van der Waals surface area (Å²) in [5, 5.41) is 3.38. The second kappa shape index (κ2) is 3.67. The maximum absolute atomic E-state index is 4.61. The van der Waals surface area contributed by atoms with Crippen molar-refractivity contribution < 1.29 is 0 Å². The van der Waals surface area contributed by atoms with Gasteiger partial charge < -0.3 is 5.32 Å². The molecule has 2 rings (SSSR count). The molecule has 0 amide bonds. The van der Waals surface area contributed by atoms with Gasteiger partial charge in [0, 0.05) is 24.8 Å². The number of hydrogen-bond acceptors (Lipinski definition) is 2. The van der Waals surface area contributed by atoms with E-state index in [0.717, 1.165) is 36.4 Å². The zero-order valence-electron chi connectivity index (χ0n) is 8.95. The van der Waals surface area contributed by atoms with Crippen LogP contribution in [0.1, 0.15) is 5.69 Å². The van der Waals surface area contributed by atoms with E-state index in [4.69, 9.17) is 0 Å². The lowest BCUT2D eigenvalue weighted by Crippen LogP contribution is -2.57. The average molecular weight is 192 g/mol. The fourth-order valence-corrected chi connectivity index (χ4v) is 1.95. The van der Waals surface area contributed by atoms with Gasteiger partial charge in [-0.1, -0.05) is 6.07 Å². The molecule has 14 heavy (non-hydrogen) atoms.